The highest BCUT2D eigenvalue weighted by atomic mass is 79.9. The fourth-order valence-electron chi connectivity index (χ4n) is 0.557. The zero-order chi connectivity index (χ0) is 6.85. The predicted octanol–water partition coefficient (Wildman–Crippen LogP) is 2.22. The highest BCUT2D eigenvalue weighted by Gasteiger charge is 2.01. The molecule has 1 aromatic rings. The summed E-state index contributed by atoms with van der Waals surface area (Å²) < 4.78 is 5.61. The van der Waals surface area contributed by atoms with Crippen molar-refractivity contribution in [1.29, 1.82) is 5.26 Å². The van der Waals surface area contributed by atoms with E-state index in [9.17, 15) is 0 Å². The van der Waals surface area contributed by atoms with Gasteiger partial charge in [0.2, 0.25) is 0 Å². The number of aryl methyl sites for hydroxylation is 1. The van der Waals surface area contributed by atoms with E-state index in [0.29, 0.717) is 16.0 Å². The monoisotopic (exact) mass is 185 g/mol. The van der Waals surface area contributed by atoms with Crippen molar-refractivity contribution in [2.24, 2.45) is 0 Å². The second-order valence-electron chi connectivity index (χ2n) is 1.63. The molecule has 0 N–H and O–H groups in total. The summed E-state index contributed by atoms with van der Waals surface area (Å²) in [6, 6.07) is 3.64. The van der Waals surface area contributed by atoms with Crippen molar-refractivity contribution in [3.05, 3.63) is 22.1 Å². The van der Waals surface area contributed by atoms with Crippen molar-refractivity contribution in [3.8, 4) is 6.07 Å². The molecule has 1 rings (SSSR count). The maximum absolute atomic E-state index is 8.40. The van der Waals surface area contributed by atoms with Gasteiger partial charge in [0.1, 0.15) is 11.8 Å². The lowest BCUT2D eigenvalue weighted by molar-refractivity contribution is 0.509. The fraction of sp³-hybridized carbons (Fsp3) is 0.167. The van der Waals surface area contributed by atoms with Gasteiger partial charge in [-0.25, -0.2) is 0 Å². The number of furan rings is 1. The van der Waals surface area contributed by atoms with Gasteiger partial charge < -0.3 is 4.42 Å². The minimum absolute atomic E-state index is 0.585. The molecule has 0 aliphatic carbocycles. The molecule has 0 aromatic carbocycles. The van der Waals surface area contributed by atoms with Crippen molar-refractivity contribution in [1.82, 2.24) is 0 Å². The van der Waals surface area contributed by atoms with Crippen LogP contribution < -0.4 is 0 Å². The van der Waals surface area contributed by atoms with Gasteiger partial charge in [0, 0.05) is 6.07 Å². The second-order valence-corrected chi connectivity index (χ2v) is 2.41. The van der Waals surface area contributed by atoms with Gasteiger partial charge in [-0.05, 0) is 22.9 Å². The van der Waals surface area contributed by atoms with Crippen LogP contribution >= 0.6 is 15.9 Å². The van der Waals surface area contributed by atoms with Crippen LogP contribution in [0.2, 0.25) is 0 Å². The van der Waals surface area contributed by atoms with Crippen LogP contribution in [0.3, 0.4) is 0 Å². The molecule has 0 saturated heterocycles. The highest BCUT2D eigenvalue weighted by molar-refractivity contribution is 9.10. The van der Waals surface area contributed by atoms with E-state index in [0.717, 1.165) is 0 Å². The van der Waals surface area contributed by atoms with Crippen molar-refractivity contribution in [2.75, 3.05) is 0 Å². The van der Waals surface area contributed by atoms with Gasteiger partial charge in [0.15, 0.2) is 4.67 Å². The quantitative estimate of drug-likeness (QED) is 0.622. The molecular weight excluding hydrogens is 182 g/mol. The molecule has 0 spiro atoms. The van der Waals surface area contributed by atoms with E-state index in [-0.39, 0.29) is 0 Å². The van der Waals surface area contributed by atoms with Gasteiger partial charge in [-0.1, -0.05) is 0 Å². The average Bonchev–Trinajstić information content (AvgIpc) is 2.10. The largest absolute Gasteiger partial charge is 0.453 e. The maximum atomic E-state index is 8.40. The Kier molecular flexibility index (Phi) is 1.58. The normalized spacial score (nSPS) is 9.00. The third-order valence-corrected chi connectivity index (χ3v) is 1.40. The molecule has 0 aliphatic heterocycles. The van der Waals surface area contributed by atoms with Gasteiger partial charge in [0.05, 0.1) is 5.56 Å². The number of nitrogens with zero attached hydrogens (tertiary/aromatic N) is 1. The highest BCUT2D eigenvalue weighted by Crippen LogP contribution is 2.17. The number of hydrogen-bond donors (Lipinski definition) is 0. The molecular formula is C6H4BrNO. The van der Waals surface area contributed by atoms with E-state index in [1.165, 1.54) is 0 Å². The van der Waals surface area contributed by atoms with Crippen LogP contribution in [0.25, 0.3) is 0 Å². The molecule has 0 fully saturated rings. The Morgan fingerprint density at radius 3 is 2.67 bits per heavy atom. The Labute approximate surface area is 61.2 Å². The summed E-state index contributed by atoms with van der Waals surface area (Å²) in [7, 11) is 0. The summed E-state index contributed by atoms with van der Waals surface area (Å²) in [5.74, 6) is 0.657. The van der Waals surface area contributed by atoms with E-state index in [4.69, 9.17) is 9.68 Å². The average molecular weight is 186 g/mol. The summed E-state index contributed by atoms with van der Waals surface area (Å²) in [5.41, 5.74) is 0.585. The molecule has 1 heterocycles. The predicted molar refractivity (Wildman–Crippen MR) is 35.9 cm³/mol. The minimum atomic E-state index is 0.585. The third-order valence-electron chi connectivity index (χ3n) is 1.01. The van der Waals surface area contributed by atoms with Gasteiger partial charge in [-0.15, -0.1) is 0 Å². The molecule has 3 heteroatoms. The lowest BCUT2D eigenvalue weighted by atomic mass is 10.3. The summed E-state index contributed by atoms with van der Waals surface area (Å²) in [4.78, 5) is 0. The number of nitriles is 1. The molecule has 9 heavy (non-hydrogen) atoms. The van der Waals surface area contributed by atoms with Crippen LogP contribution in [0, 0.1) is 18.3 Å². The van der Waals surface area contributed by atoms with E-state index in [1.54, 1.807) is 13.0 Å². The fourth-order valence-corrected chi connectivity index (χ4v) is 1.03. The second kappa shape index (κ2) is 2.24. The zero-order valence-electron chi connectivity index (χ0n) is 4.81. The molecule has 0 unspecified atom stereocenters. The Hall–Kier alpha value is -0.750. The summed E-state index contributed by atoms with van der Waals surface area (Å²) in [6.07, 6.45) is 0. The summed E-state index contributed by atoms with van der Waals surface area (Å²) in [6.45, 7) is 1.75. The zero-order valence-corrected chi connectivity index (χ0v) is 6.40. The lowest BCUT2D eigenvalue weighted by Crippen LogP contribution is -1.67. The first-order valence-electron chi connectivity index (χ1n) is 2.40. The minimum Gasteiger partial charge on any atom is -0.453 e. The number of rotatable bonds is 0. The van der Waals surface area contributed by atoms with E-state index in [1.807, 2.05) is 6.07 Å². The smallest absolute Gasteiger partial charge is 0.170 e. The van der Waals surface area contributed by atoms with Gasteiger partial charge >= 0.3 is 0 Å². The molecule has 0 radical (unpaired) electrons. The van der Waals surface area contributed by atoms with Crippen molar-refractivity contribution < 1.29 is 4.42 Å². The van der Waals surface area contributed by atoms with Crippen molar-refractivity contribution in [3.63, 3.8) is 0 Å². The van der Waals surface area contributed by atoms with Gasteiger partial charge in [0.25, 0.3) is 0 Å². The standard InChI is InChI=1S/C6H4BrNO/c1-4-5(3-8)2-6(7)9-4/h2H,1H3. The van der Waals surface area contributed by atoms with E-state index in [2.05, 4.69) is 15.9 Å². The summed E-state index contributed by atoms with van der Waals surface area (Å²) >= 11 is 3.11. The molecule has 0 bridgehead atoms. The van der Waals surface area contributed by atoms with E-state index < -0.39 is 0 Å². The van der Waals surface area contributed by atoms with Gasteiger partial charge in [-0.3, -0.25) is 0 Å². The lowest BCUT2D eigenvalue weighted by Gasteiger charge is -1.77. The van der Waals surface area contributed by atoms with E-state index >= 15 is 0 Å². The first kappa shape index (κ1) is 6.37. The molecule has 2 nitrogen and oxygen atoms in total. The van der Waals surface area contributed by atoms with Crippen molar-refractivity contribution in [2.45, 2.75) is 6.92 Å². The molecule has 1 aromatic heterocycles. The third kappa shape index (κ3) is 1.14. The Bertz CT molecular complexity index is 259. The number of halogens is 1. The SMILES string of the molecule is Cc1oc(Br)cc1C#N. The first-order valence-corrected chi connectivity index (χ1v) is 3.19. The molecule has 0 atom stereocenters. The Balaban J connectivity index is 3.20. The van der Waals surface area contributed by atoms with Crippen LogP contribution in [-0.2, 0) is 0 Å². The van der Waals surface area contributed by atoms with Crippen LogP contribution in [0.4, 0.5) is 0 Å². The molecule has 0 saturated carbocycles. The topological polar surface area (TPSA) is 36.9 Å². The first-order chi connectivity index (χ1) is 4.24. The summed E-state index contributed by atoms with van der Waals surface area (Å²) in [5, 5.41) is 8.40. The van der Waals surface area contributed by atoms with Crippen LogP contribution in [-0.4, -0.2) is 0 Å². The van der Waals surface area contributed by atoms with Crippen molar-refractivity contribution >= 4 is 15.9 Å². The Morgan fingerprint density at radius 1 is 1.78 bits per heavy atom. The van der Waals surface area contributed by atoms with Crippen LogP contribution in [0.1, 0.15) is 11.3 Å². The molecule has 0 aliphatic rings. The molecule has 0 amide bonds. The van der Waals surface area contributed by atoms with Crippen LogP contribution in [0.5, 0.6) is 0 Å². The van der Waals surface area contributed by atoms with Gasteiger partial charge in [-0.2, -0.15) is 5.26 Å². The number of hydrogen-bond acceptors (Lipinski definition) is 2. The molecule has 46 valence electrons. The van der Waals surface area contributed by atoms with Crippen LogP contribution in [0.15, 0.2) is 15.2 Å². The Morgan fingerprint density at radius 2 is 2.44 bits per heavy atom. The maximum Gasteiger partial charge on any atom is 0.170 e.